The molecule has 2 aromatic heterocycles. The zero-order valence-corrected chi connectivity index (χ0v) is 12.8. The summed E-state index contributed by atoms with van der Waals surface area (Å²) in [5.41, 5.74) is 0.265. The van der Waals surface area contributed by atoms with Crippen LogP contribution in [-0.2, 0) is 6.54 Å². The Kier molecular flexibility index (Phi) is 4.53. The maximum Gasteiger partial charge on any atom is 0.279 e. The van der Waals surface area contributed by atoms with Gasteiger partial charge in [-0.3, -0.25) is 9.48 Å². The molecule has 0 bridgehead atoms. The molecular formula is C15H21N5O2. The number of aromatic nitrogens is 3. The molecule has 1 amide bonds. The lowest BCUT2D eigenvalue weighted by molar-refractivity contribution is 0.101. The third-order valence-corrected chi connectivity index (χ3v) is 3.80. The van der Waals surface area contributed by atoms with Crippen molar-refractivity contribution >= 4 is 11.7 Å². The van der Waals surface area contributed by atoms with E-state index in [9.17, 15) is 4.79 Å². The summed E-state index contributed by atoms with van der Waals surface area (Å²) in [5, 5.41) is 10.8. The van der Waals surface area contributed by atoms with E-state index in [1.165, 1.54) is 25.9 Å². The van der Waals surface area contributed by atoms with Crippen molar-refractivity contribution in [2.45, 2.75) is 32.7 Å². The van der Waals surface area contributed by atoms with Crippen LogP contribution in [0, 0.1) is 6.92 Å². The fraction of sp³-hybridized carbons (Fsp3) is 0.533. The molecule has 3 rings (SSSR count). The van der Waals surface area contributed by atoms with Crippen LogP contribution in [0.15, 0.2) is 22.9 Å². The minimum atomic E-state index is -0.306. The number of carbonyl (C=O) groups is 1. The van der Waals surface area contributed by atoms with Gasteiger partial charge in [0.1, 0.15) is 5.76 Å². The van der Waals surface area contributed by atoms with Gasteiger partial charge in [-0.2, -0.15) is 5.10 Å². The highest BCUT2D eigenvalue weighted by atomic mass is 16.5. The molecule has 0 atom stereocenters. The van der Waals surface area contributed by atoms with E-state index in [4.69, 9.17) is 4.52 Å². The van der Waals surface area contributed by atoms with Gasteiger partial charge < -0.3 is 14.7 Å². The second kappa shape index (κ2) is 6.74. The van der Waals surface area contributed by atoms with Crippen LogP contribution in [0.5, 0.6) is 0 Å². The lowest BCUT2D eigenvalue weighted by Gasteiger charge is -2.13. The van der Waals surface area contributed by atoms with E-state index in [-0.39, 0.29) is 11.6 Å². The molecule has 2 aromatic rings. The van der Waals surface area contributed by atoms with Crippen LogP contribution in [0.4, 0.5) is 5.82 Å². The zero-order valence-electron chi connectivity index (χ0n) is 12.8. The maximum absolute atomic E-state index is 11.9. The Morgan fingerprint density at radius 3 is 2.91 bits per heavy atom. The van der Waals surface area contributed by atoms with E-state index in [0.29, 0.717) is 11.6 Å². The molecule has 0 aliphatic carbocycles. The highest BCUT2D eigenvalue weighted by Gasteiger charge is 2.13. The topological polar surface area (TPSA) is 76.2 Å². The monoisotopic (exact) mass is 303 g/mol. The van der Waals surface area contributed by atoms with Gasteiger partial charge in [-0.05, 0) is 45.8 Å². The molecule has 3 heterocycles. The van der Waals surface area contributed by atoms with E-state index in [2.05, 4.69) is 20.5 Å². The summed E-state index contributed by atoms with van der Waals surface area (Å²) in [6.45, 7) is 6.16. The van der Waals surface area contributed by atoms with Crippen LogP contribution in [0.1, 0.15) is 35.5 Å². The lowest BCUT2D eigenvalue weighted by Crippen LogP contribution is -2.21. The average molecular weight is 303 g/mol. The Morgan fingerprint density at radius 2 is 2.18 bits per heavy atom. The molecule has 0 spiro atoms. The number of hydrogen-bond donors (Lipinski definition) is 1. The standard InChI is InChI=1S/C15H21N5O2/c1-12-11-13(18-22-12)15(21)16-14-5-10-20(17-14)9-4-8-19-6-2-3-7-19/h5,10-11H,2-4,6-9H2,1H3,(H,16,17,21). The summed E-state index contributed by atoms with van der Waals surface area (Å²) >= 11 is 0. The number of nitrogens with zero attached hydrogens (tertiary/aromatic N) is 4. The number of aryl methyl sites for hydroxylation is 2. The Hall–Kier alpha value is -2.15. The summed E-state index contributed by atoms with van der Waals surface area (Å²) in [6.07, 6.45) is 5.59. The summed E-state index contributed by atoms with van der Waals surface area (Å²) in [7, 11) is 0. The number of amides is 1. The maximum atomic E-state index is 11.9. The van der Waals surface area contributed by atoms with Gasteiger partial charge in [-0.15, -0.1) is 0 Å². The Balaban J connectivity index is 1.47. The van der Waals surface area contributed by atoms with E-state index in [1.807, 2.05) is 10.9 Å². The second-order valence-corrected chi connectivity index (χ2v) is 5.64. The largest absolute Gasteiger partial charge is 0.361 e. The molecule has 0 aromatic carbocycles. The molecule has 0 saturated carbocycles. The summed E-state index contributed by atoms with van der Waals surface area (Å²) in [6, 6.07) is 3.39. The van der Waals surface area contributed by atoms with Gasteiger partial charge in [0, 0.05) is 24.9 Å². The molecule has 1 aliphatic heterocycles. The first-order valence-corrected chi connectivity index (χ1v) is 7.71. The minimum Gasteiger partial charge on any atom is -0.361 e. The van der Waals surface area contributed by atoms with Gasteiger partial charge in [0.25, 0.3) is 5.91 Å². The van der Waals surface area contributed by atoms with E-state index < -0.39 is 0 Å². The molecule has 1 fully saturated rings. The van der Waals surface area contributed by atoms with Crippen LogP contribution in [0.3, 0.4) is 0 Å². The first-order chi connectivity index (χ1) is 10.7. The number of anilines is 1. The van der Waals surface area contributed by atoms with Crippen molar-refractivity contribution in [3.63, 3.8) is 0 Å². The number of nitrogens with one attached hydrogen (secondary N) is 1. The molecule has 7 heteroatoms. The Labute approximate surface area is 129 Å². The van der Waals surface area contributed by atoms with Gasteiger partial charge in [-0.25, -0.2) is 0 Å². The fourth-order valence-electron chi connectivity index (χ4n) is 2.67. The number of rotatable bonds is 6. The van der Waals surface area contributed by atoms with Gasteiger partial charge in [0.15, 0.2) is 11.5 Å². The zero-order chi connectivity index (χ0) is 15.4. The van der Waals surface area contributed by atoms with Crippen molar-refractivity contribution in [1.82, 2.24) is 19.8 Å². The summed E-state index contributed by atoms with van der Waals surface area (Å²) in [5.74, 6) is 0.837. The van der Waals surface area contributed by atoms with Crippen molar-refractivity contribution < 1.29 is 9.32 Å². The molecule has 0 unspecified atom stereocenters. The van der Waals surface area contributed by atoms with Crippen molar-refractivity contribution in [1.29, 1.82) is 0 Å². The quantitative estimate of drug-likeness (QED) is 0.882. The fourth-order valence-corrected chi connectivity index (χ4v) is 2.67. The molecular weight excluding hydrogens is 282 g/mol. The molecule has 1 saturated heterocycles. The highest BCUT2D eigenvalue weighted by Crippen LogP contribution is 2.10. The van der Waals surface area contributed by atoms with Crippen LogP contribution >= 0.6 is 0 Å². The number of likely N-dealkylation sites (tertiary alicyclic amines) is 1. The van der Waals surface area contributed by atoms with Crippen molar-refractivity contribution in [3.8, 4) is 0 Å². The Morgan fingerprint density at radius 1 is 1.36 bits per heavy atom. The molecule has 7 nitrogen and oxygen atoms in total. The van der Waals surface area contributed by atoms with Crippen LogP contribution in [-0.4, -0.2) is 45.4 Å². The summed E-state index contributed by atoms with van der Waals surface area (Å²) in [4.78, 5) is 14.4. The average Bonchev–Trinajstić information content (AvgIpc) is 3.21. The van der Waals surface area contributed by atoms with E-state index in [1.54, 1.807) is 19.1 Å². The predicted molar refractivity (Wildman–Crippen MR) is 81.7 cm³/mol. The second-order valence-electron chi connectivity index (χ2n) is 5.64. The predicted octanol–water partition coefficient (Wildman–Crippen LogP) is 1.92. The third kappa shape index (κ3) is 3.73. The third-order valence-electron chi connectivity index (χ3n) is 3.80. The normalized spacial score (nSPS) is 15.3. The lowest BCUT2D eigenvalue weighted by atomic mass is 10.3. The SMILES string of the molecule is Cc1cc(C(=O)Nc2ccn(CCCN3CCCC3)n2)no1. The number of hydrogen-bond acceptors (Lipinski definition) is 5. The molecule has 1 N–H and O–H groups in total. The van der Waals surface area contributed by atoms with Crippen LogP contribution < -0.4 is 5.32 Å². The van der Waals surface area contributed by atoms with Crippen molar-refractivity contribution in [2.24, 2.45) is 0 Å². The smallest absolute Gasteiger partial charge is 0.279 e. The highest BCUT2D eigenvalue weighted by molar-refractivity contribution is 6.02. The first kappa shape index (κ1) is 14.8. The molecule has 22 heavy (non-hydrogen) atoms. The molecule has 1 aliphatic rings. The van der Waals surface area contributed by atoms with Gasteiger partial charge in [0.05, 0.1) is 0 Å². The Bertz CT molecular complexity index is 627. The van der Waals surface area contributed by atoms with E-state index >= 15 is 0 Å². The van der Waals surface area contributed by atoms with Crippen molar-refractivity contribution in [3.05, 3.63) is 29.8 Å². The van der Waals surface area contributed by atoms with Crippen LogP contribution in [0.2, 0.25) is 0 Å². The van der Waals surface area contributed by atoms with Crippen molar-refractivity contribution in [2.75, 3.05) is 25.0 Å². The molecule has 118 valence electrons. The van der Waals surface area contributed by atoms with Gasteiger partial charge >= 0.3 is 0 Å². The van der Waals surface area contributed by atoms with Crippen LogP contribution in [0.25, 0.3) is 0 Å². The first-order valence-electron chi connectivity index (χ1n) is 7.71. The number of carbonyl (C=O) groups excluding carboxylic acids is 1. The van der Waals surface area contributed by atoms with Gasteiger partial charge in [-0.1, -0.05) is 5.16 Å². The van der Waals surface area contributed by atoms with Gasteiger partial charge in [0.2, 0.25) is 0 Å². The molecule has 0 radical (unpaired) electrons. The minimum absolute atomic E-state index is 0.265. The summed E-state index contributed by atoms with van der Waals surface area (Å²) < 4.78 is 6.75. The van der Waals surface area contributed by atoms with E-state index in [0.717, 1.165) is 19.5 Å².